The molecule has 0 atom stereocenters. The molecule has 1 rings (SSSR count). The van der Waals surface area contributed by atoms with Gasteiger partial charge in [-0.15, -0.1) is 0 Å². The smallest absolute Gasteiger partial charge is 0.122 e. The zero-order valence-electron chi connectivity index (χ0n) is 38.7. The standard InChI is InChI=1S/C54H102O2/c1-3-5-7-9-11-13-15-17-19-21-23-25-27-29-31-33-35-37-39-41-43-45-50-55-53-48-47-49-54(52-53)56-51-46-44-42-40-38-36-34-32-30-28-26-24-22-20-18-16-14-12-10-8-6-4-2/h47-49,52H,3-46,50-51H2,1-2H3. The van der Waals surface area contributed by atoms with Crippen molar-refractivity contribution in [1.82, 2.24) is 0 Å². The summed E-state index contributed by atoms with van der Waals surface area (Å²) in [4.78, 5) is 0. The van der Waals surface area contributed by atoms with Crippen molar-refractivity contribution in [3.63, 3.8) is 0 Å². The number of rotatable bonds is 48. The van der Waals surface area contributed by atoms with Crippen LogP contribution >= 0.6 is 0 Å². The van der Waals surface area contributed by atoms with E-state index in [2.05, 4.69) is 38.1 Å². The number of hydrogen-bond acceptors (Lipinski definition) is 2. The highest BCUT2D eigenvalue weighted by molar-refractivity contribution is 5.32. The van der Waals surface area contributed by atoms with Crippen LogP contribution in [0, 0.1) is 0 Å². The van der Waals surface area contributed by atoms with E-state index in [1.165, 1.54) is 270 Å². The lowest BCUT2D eigenvalue weighted by Gasteiger charge is -2.10. The summed E-state index contributed by atoms with van der Waals surface area (Å²) in [7, 11) is 0. The van der Waals surface area contributed by atoms with Crippen LogP contribution in [0.25, 0.3) is 0 Å². The van der Waals surface area contributed by atoms with E-state index in [0.717, 1.165) is 37.6 Å². The monoisotopic (exact) mass is 783 g/mol. The third-order valence-electron chi connectivity index (χ3n) is 12.3. The Hall–Kier alpha value is -1.18. The zero-order valence-corrected chi connectivity index (χ0v) is 38.7. The van der Waals surface area contributed by atoms with Crippen molar-refractivity contribution in [2.24, 2.45) is 0 Å². The molecule has 0 aliphatic heterocycles. The van der Waals surface area contributed by atoms with Gasteiger partial charge in [-0.2, -0.15) is 0 Å². The fourth-order valence-corrected chi connectivity index (χ4v) is 8.46. The zero-order chi connectivity index (χ0) is 39.9. The van der Waals surface area contributed by atoms with E-state index in [0.29, 0.717) is 0 Å². The minimum atomic E-state index is 0.821. The van der Waals surface area contributed by atoms with Crippen LogP contribution in [-0.4, -0.2) is 13.2 Å². The molecule has 0 aromatic heterocycles. The molecule has 2 nitrogen and oxygen atoms in total. The molecule has 56 heavy (non-hydrogen) atoms. The van der Waals surface area contributed by atoms with E-state index in [1.54, 1.807) is 0 Å². The topological polar surface area (TPSA) is 18.5 Å². The van der Waals surface area contributed by atoms with E-state index in [1.807, 2.05) is 0 Å². The van der Waals surface area contributed by atoms with Crippen LogP contribution < -0.4 is 9.47 Å². The summed E-state index contributed by atoms with van der Waals surface area (Å²) in [6.45, 7) is 6.26. The first-order valence-corrected chi connectivity index (χ1v) is 26.2. The third-order valence-corrected chi connectivity index (χ3v) is 12.3. The molecule has 330 valence electrons. The first-order valence-electron chi connectivity index (χ1n) is 26.2. The van der Waals surface area contributed by atoms with Crippen molar-refractivity contribution in [3.8, 4) is 11.5 Å². The van der Waals surface area contributed by atoms with Crippen molar-refractivity contribution < 1.29 is 9.47 Å². The Bertz CT molecular complexity index is 785. The van der Waals surface area contributed by atoms with Gasteiger partial charge in [0, 0.05) is 6.07 Å². The van der Waals surface area contributed by atoms with Crippen LogP contribution in [0.5, 0.6) is 11.5 Å². The maximum Gasteiger partial charge on any atom is 0.122 e. The lowest BCUT2D eigenvalue weighted by Crippen LogP contribution is -2.00. The molecule has 0 N–H and O–H groups in total. The Morgan fingerprint density at radius 3 is 0.625 bits per heavy atom. The average Bonchev–Trinajstić information content (AvgIpc) is 3.21. The quantitative estimate of drug-likeness (QED) is 0.0613. The van der Waals surface area contributed by atoms with Gasteiger partial charge in [0.2, 0.25) is 0 Å². The van der Waals surface area contributed by atoms with E-state index in [-0.39, 0.29) is 0 Å². The number of benzene rings is 1. The van der Waals surface area contributed by atoms with Gasteiger partial charge in [-0.05, 0) is 25.0 Å². The van der Waals surface area contributed by atoms with Gasteiger partial charge in [-0.3, -0.25) is 0 Å². The Balaban J connectivity index is 1.77. The lowest BCUT2D eigenvalue weighted by molar-refractivity contribution is 0.289. The van der Waals surface area contributed by atoms with Crippen molar-refractivity contribution >= 4 is 0 Å². The number of unbranched alkanes of at least 4 members (excludes halogenated alkanes) is 42. The van der Waals surface area contributed by atoms with E-state index in [4.69, 9.17) is 9.47 Å². The maximum atomic E-state index is 6.06. The second kappa shape index (κ2) is 46.5. The number of ether oxygens (including phenoxy) is 2. The van der Waals surface area contributed by atoms with Gasteiger partial charge in [-0.25, -0.2) is 0 Å². The molecular weight excluding hydrogens is 681 g/mol. The van der Waals surface area contributed by atoms with Crippen LogP contribution in [0.3, 0.4) is 0 Å². The minimum Gasteiger partial charge on any atom is -0.493 e. The Morgan fingerprint density at radius 1 is 0.250 bits per heavy atom. The van der Waals surface area contributed by atoms with Crippen molar-refractivity contribution in [3.05, 3.63) is 24.3 Å². The van der Waals surface area contributed by atoms with E-state index in [9.17, 15) is 0 Å². The molecule has 0 heterocycles. The summed E-state index contributed by atoms with van der Waals surface area (Å²) in [6, 6.07) is 8.30. The van der Waals surface area contributed by atoms with Crippen LogP contribution in [0.4, 0.5) is 0 Å². The van der Waals surface area contributed by atoms with Crippen LogP contribution in [0.15, 0.2) is 24.3 Å². The molecule has 0 saturated carbocycles. The summed E-state index contributed by atoms with van der Waals surface area (Å²) in [5.74, 6) is 1.92. The molecule has 0 radical (unpaired) electrons. The molecular formula is C54H102O2. The van der Waals surface area contributed by atoms with Gasteiger partial charge in [0.15, 0.2) is 0 Å². The Morgan fingerprint density at radius 2 is 0.429 bits per heavy atom. The van der Waals surface area contributed by atoms with Gasteiger partial charge >= 0.3 is 0 Å². The molecule has 0 aliphatic carbocycles. The molecule has 0 fully saturated rings. The molecule has 0 saturated heterocycles. The highest BCUT2D eigenvalue weighted by atomic mass is 16.5. The van der Waals surface area contributed by atoms with Gasteiger partial charge in [0.25, 0.3) is 0 Å². The predicted molar refractivity (Wildman–Crippen MR) is 252 cm³/mol. The third kappa shape index (κ3) is 41.0. The Labute approximate surface area is 353 Å². The first kappa shape index (κ1) is 52.8. The normalized spacial score (nSPS) is 11.5. The van der Waals surface area contributed by atoms with Crippen molar-refractivity contribution in [1.29, 1.82) is 0 Å². The SMILES string of the molecule is CCCCCCCCCCCCCCCCCCCCCCCCOc1cccc(OCCCCCCCCCCCCCCCCCCCCCCCC)c1. The van der Waals surface area contributed by atoms with Gasteiger partial charge < -0.3 is 9.47 Å². The Kier molecular flexibility index (Phi) is 43.9. The molecule has 1 aromatic carbocycles. The second-order valence-electron chi connectivity index (χ2n) is 18.0. The van der Waals surface area contributed by atoms with Crippen molar-refractivity contribution in [2.45, 2.75) is 296 Å². The minimum absolute atomic E-state index is 0.821. The first-order chi connectivity index (χ1) is 27.9. The summed E-state index contributed by atoms with van der Waals surface area (Å²) in [5, 5.41) is 0. The average molecular weight is 783 g/mol. The second-order valence-corrected chi connectivity index (χ2v) is 18.0. The van der Waals surface area contributed by atoms with Crippen LogP contribution in [0.2, 0.25) is 0 Å². The largest absolute Gasteiger partial charge is 0.493 e. The van der Waals surface area contributed by atoms with E-state index >= 15 is 0 Å². The van der Waals surface area contributed by atoms with Gasteiger partial charge in [0.05, 0.1) is 13.2 Å². The summed E-state index contributed by atoms with van der Waals surface area (Å²) in [5.41, 5.74) is 0. The predicted octanol–water partition coefficient (Wildman–Crippen LogP) is 19.6. The molecule has 2 heteroatoms. The summed E-state index contributed by atoms with van der Waals surface area (Å²) in [6.07, 6.45) is 62.7. The maximum absolute atomic E-state index is 6.06. The fourth-order valence-electron chi connectivity index (χ4n) is 8.46. The molecule has 0 unspecified atom stereocenters. The molecule has 1 aromatic rings. The van der Waals surface area contributed by atoms with E-state index < -0.39 is 0 Å². The highest BCUT2D eigenvalue weighted by Crippen LogP contribution is 2.21. The highest BCUT2D eigenvalue weighted by Gasteiger charge is 2.01. The van der Waals surface area contributed by atoms with Crippen LogP contribution in [0.1, 0.15) is 296 Å². The summed E-state index contributed by atoms with van der Waals surface area (Å²) >= 11 is 0. The molecule has 0 amide bonds. The van der Waals surface area contributed by atoms with Gasteiger partial charge in [0.1, 0.15) is 11.5 Å². The molecule has 0 spiro atoms. The molecule has 0 bridgehead atoms. The van der Waals surface area contributed by atoms with Crippen LogP contribution in [-0.2, 0) is 0 Å². The molecule has 0 aliphatic rings. The lowest BCUT2D eigenvalue weighted by atomic mass is 10.0. The fraction of sp³-hybridized carbons (Fsp3) is 0.889. The van der Waals surface area contributed by atoms with Gasteiger partial charge in [-0.1, -0.05) is 290 Å². The number of hydrogen-bond donors (Lipinski definition) is 0. The van der Waals surface area contributed by atoms with Crippen molar-refractivity contribution in [2.75, 3.05) is 13.2 Å². The summed E-state index contributed by atoms with van der Waals surface area (Å²) < 4.78 is 12.1.